The zero-order chi connectivity index (χ0) is 102. The van der Waals surface area contributed by atoms with Gasteiger partial charge in [-0.1, -0.05) is 66.5 Å². The Morgan fingerprint density at radius 3 is 1.63 bits per heavy atom. The largest absolute Gasteiger partial charge is 0.435 e. The Balaban J connectivity index is 0.719. The zero-order valence-corrected chi connectivity index (χ0v) is 80.3. The number of hydrogen-bond acceptors (Lipinski definition) is 45. The second-order valence-corrected chi connectivity index (χ2v) is 42.9. The zero-order valence-electron chi connectivity index (χ0n) is 80.3. The number of imide groups is 1. The number of fused-ring (bicyclic) bond motifs is 7. The van der Waals surface area contributed by atoms with Crippen molar-refractivity contribution in [1.29, 1.82) is 0 Å². The van der Waals surface area contributed by atoms with E-state index in [-0.39, 0.29) is 50.0 Å². The molecule has 45 unspecified atom stereocenters. The first kappa shape index (κ1) is 110. The minimum atomic E-state index is -2.10. The molecule has 4 saturated carbocycles. The number of aliphatic hydroxyl groups excluding tert-OH is 21. The molecule has 10 heterocycles. The van der Waals surface area contributed by atoms with Crippen LogP contribution in [0.1, 0.15) is 166 Å². The molecule has 798 valence electrons. The second kappa shape index (κ2) is 44.1. The number of aliphatic hydroxyl groups is 21. The molecular formula is C93H147N3O44. The number of ether oxygens (including phenoxy) is 19. The summed E-state index contributed by atoms with van der Waals surface area (Å²) in [6, 6.07) is 0. The van der Waals surface area contributed by atoms with Gasteiger partial charge in [0.1, 0.15) is 153 Å². The van der Waals surface area contributed by atoms with Gasteiger partial charge in [-0.15, -0.1) is 0 Å². The number of hydrazone groups is 1. The quantitative estimate of drug-likeness (QED) is 0.00584. The predicted molar refractivity (Wildman–Crippen MR) is 467 cm³/mol. The van der Waals surface area contributed by atoms with E-state index in [1.165, 1.54) is 19.1 Å². The molecule has 140 heavy (non-hydrogen) atoms. The number of rotatable bonds is 31. The number of hydrogen-bond donors (Lipinski definition) is 22. The molecule has 0 radical (unpaired) electrons. The van der Waals surface area contributed by atoms with Gasteiger partial charge in [0.2, 0.25) is 12.2 Å². The fraction of sp³-hybridized carbons (Fsp3) is 0.903. The molecule has 9 saturated heterocycles. The Morgan fingerprint density at radius 1 is 0.493 bits per heavy atom. The maximum atomic E-state index is 14.0. The highest BCUT2D eigenvalue weighted by molar-refractivity contribution is 6.12. The molecule has 47 nitrogen and oxygen atoms in total. The molecule has 0 aromatic carbocycles. The standard InChI is InChI=1S/C93H147N3O44/c1-37-38(2)126-86(70(119)73(37)135-79-65(114)58(107)44(100)32-122-79)130-47-27-48(131-83-69(118)64(113)74(40(4)128-83)136-81-71(120)75(46(102)34-124-81)137-84-67(116)62(111)60(109)49(30-97)132-84)78(127-39(47)3)129-41(5)93-25-24-88(6,7)28-43(93)42-16-17-52-89(8)22-21-54(90(9,51(89)20-23-91(52,10)92(42,11)29-53(93)103)35-94-95-55(104)15-13-12-14-26-96-56(105)18-19-57(96)106)134-87-77(139-85-68(117)63(112)61(110)50(31-98)133-85)76(72(121)82(140-87)125-36-99)138-80-66(115)59(108)45(101)33-123-80/h16,18-19,35-41,43-54,58-87,97-98,100-103,107-121H,12-15,17,20-34H2,1-11H3,(H,95,104)/b94-35+/t37?,38?,39?,40?,41?,43?,44?,45?,46?,47?,48?,49?,50?,51?,52?,53-,54+,58?,59?,60?,61?,62?,63?,64?,65?,66?,67?,68?,69?,70?,71?,72?,73?,74?,75?,76?,77?,78?,79?,80?,81?,82?,83?,84?,85?,86?,87?,89+,90+,91-,92-,93-/m1/s1. The third kappa shape index (κ3) is 21.0. The molecule has 0 spiro atoms. The lowest BCUT2D eigenvalue weighted by atomic mass is 9.33. The average molecular weight is 2010 g/mol. The van der Waals surface area contributed by atoms with Crippen LogP contribution < -0.4 is 5.43 Å². The number of allylic oxidation sites excluding steroid dienone is 2. The minimum Gasteiger partial charge on any atom is -0.435 e. The first-order chi connectivity index (χ1) is 66.1. The summed E-state index contributed by atoms with van der Waals surface area (Å²) in [6.45, 7) is 18.3. The molecule has 0 aromatic rings. The van der Waals surface area contributed by atoms with Crippen molar-refractivity contribution in [2.75, 3.05) is 39.6 Å². The SMILES string of the molecule is CC1OC(OC(C)[C@]23CCC(C)(C)CC2C2=CCC4[C@@]5(C)CC[C@H](OC6OC(OC=O)C(O)C(OC7OCC(O)C(O)C7O)C6OC6OC(CO)C(O)C(O)C6O)[C@@](C)(/C=N/NC(=O)CCCCCN6C(=O)C=CC6=O)C5CC[C@@]4(C)[C@]2(C)C[C@H]3O)C(OC2OC(C)C(OC3OCC(O)C(OC4OC(CO)C(O)C(O)C4O)C3O)C(O)C2O)CC1OC1OC(C)C(C)C(OC2OCC(O)C(O)C2O)C1O. The third-order valence-corrected chi connectivity index (χ3v) is 33.9. The van der Waals surface area contributed by atoms with Crippen molar-refractivity contribution in [3.8, 4) is 0 Å². The third-order valence-electron chi connectivity index (χ3n) is 33.9. The average Bonchev–Trinajstić information content (AvgIpc) is 0.743. The lowest BCUT2D eigenvalue weighted by molar-refractivity contribution is -0.410. The van der Waals surface area contributed by atoms with Crippen LogP contribution in [0.5, 0.6) is 0 Å². The van der Waals surface area contributed by atoms with E-state index in [4.69, 9.17) is 95.1 Å². The normalized spacial score (nSPS) is 51.2. The van der Waals surface area contributed by atoms with Crippen molar-refractivity contribution in [2.24, 2.45) is 61.3 Å². The number of nitrogens with one attached hydrogen (secondary N) is 1. The monoisotopic (exact) mass is 2010 g/mol. The molecule has 15 rings (SSSR count). The van der Waals surface area contributed by atoms with E-state index in [2.05, 4.69) is 46.1 Å². The molecule has 10 aliphatic heterocycles. The molecular weight excluding hydrogens is 1860 g/mol. The van der Waals surface area contributed by atoms with Crippen LogP contribution in [0.15, 0.2) is 28.9 Å². The number of unbranched alkanes of at least 4 members (excludes halogenated alkanes) is 2. The summed E-state index contributed by atoms with van der Waals surface area (Å²) in [7, 11) is 0. The van der Waals surface area contributed by atoms with Gasteiger partial charge in [0.05, 0.1) is 81.9 Å². The first-order valence-corrected chi connectivity index (χ1v) is 49.1. The Hall–Kier alpha value is -4.33. The van der Waals surface area contributed by atoms with E-state index >= 15 is 0 Å². The number of nitrogens with zero attached hydrogens (tertiary/aromatic N) is 2. The van der Waals surface area contributed by atoms with Crippen LogP contribution >= 0.6 is 0 Å². The number of amides is 3. The van der Waals surface area contributed by atoms with E-state index in [1.807, 2.05) is 13.8 Å². The highest BCUT2D eigenvalue weighted by Gasteiger charge is 2.73. The van der Waals surface area contributed by atoms with Crippen molar-refractivity contribution < 1.29 is 216 Å². The minimum absolute atomic E-state index is 0.0214. The van der Waals surface area contributed by atoms with E-state index < -0.39 is 360 Å². The highest BCUT2D eigenvalue weighted by atomic mass is 16.8. The van der Waals surface area contributed by atoms with E-state index in [0.29, 0.717) is 64.2 Å². The van der Waals surface area contributed by atoms with Gasteiger partial charge in [-0.2, -0.15) is 5.10 Å². The summed E-state index contributed by atoms with van der Waals surface area (Å²) in [5, 5.41) is 241. The van der Waals surface area contributed by atoms with Crippen molar-refractivity contribution in [1.82, 2.24) is 10.3 Å². The molecule has 3 amide bonds. The maximum Gasteiger partial charge on any atom is 0.295 e. The first-order valence-electron chi connectivity index (χ1n) is 49.1. The van der Waals surface area contributed by atoms with Gasteiger partial charge in [0.25, 0.3) is 18.3 Å². The number of carbonyl (C=O) groups excluding carboxylic acids is 4. The molecule has 13 fully saturated rings. The van der Waals surface area contributed by atoms with E-state index in [0.717, 1.165) is 10.5 Å². The van der Waals surface area contributed by atoms with Crippen molar-refractivity contribution in [2.45, 2.75) is 430 Å². The fourth-order valence-electron chi connectivity index (χ4n) is 25.2. The Bertz CT molecular complexity index is 4240. The van der Waals surface area contributed by atoms with Crippen molar-refractivity contribution in [3.63, 3.8) is 0 Å². The molecule has 15 aliphatic rings. The summed E-state index contributed by atoms with van der Waals surface area (Å²) in [4.78, 5) is 52.2. The molecule has 52 atom stereocenters. The summed E-state index contributed by atoms with van der Waals surface area (Å²) in [5.74, 6) is -3.00. The summed E-state index contributed by atoms with van der Waals surface area (Å²) >= 11 is 0. The van der Waals surface area contributed by atoms with Gasteiger partial charge < -0.3 is 197 Å². The molecule has 0 aromatic heterocycles. The van der Waals surface area contributed by atoms with Crippen LogP contribution in [-0.4, -0.2) is 446 Å². The molecule has 47 heteroatoms. The summed E-state index contributed by atoms with van der Waals surface area (Å²) in [5.41, 5.74) is -1.04. The molecule has 5 aliphatic carbocycles. The highest BCUT2D eigenvalue weighted by Crippen LogP contribution is 2.77. The van der Waals surface area contributed by atoms with Crippen LogP contribution in [-0.2, 0) is 109 Å². The van der Waals surface area contributed by atoms with Gasteiger partial charge in [0.15, 0.2) is 56.6 Å². The van der Waals surface area contributed by atoms with Crippen LogP contribution in [0.25, 0.3) is 0 Å². The van der Waals surface area contributed by atoms with Gasteiger partial charge >= 0.3 is 0 Å². The van der Waals surface area contributed by atoms with Gasteiger partial charge in [-0.25, -0.2) is 5.43 Å². The Labute approximate surface area is 809 Å². The van der Waals surface area contributed by atoms with Crippen LogP contribution in [0.4, 0.5) is 0 Å². The maximum absolute atomic E-state index is 14.0. The van der Waals surface area contributed by atoms with Crippen molar-refractivity contribution in [3.05, 3.63) is 23.8 Å². The fourth-order valence-corrected chi connectivity index (χ4v) is 25.2. The topological polar surface area (TPSA) is 696 Å². The Kier molecular flexibility index (Phi) is 34.6. The molecule has 0 bridgehead atoms. The lowest BCUT2D eigenvalue weighted by Crippen LogP contribution is -2.69. The summed E-state index contributed by atoms with van der Waals surface area (Å²) in [6.07, 6.45) is -59.2. The van der Waals surface area contributed by atoms with Gasteiger partial charge in [0, 0.05) is 54.5 Å². The smallest absolute Gasteiger partial charge is 0.295 e. The number of carbonyl (C=O) groups is 4. The van der Waals surface area contributed by atoms with Gasteiger partial charge in [-0.05, 0) is 138 Å². The van der Waals surface area contributed by atoms with Gasteiger partial charge in [-0.3, -0.25) is 24.1 Å². The van der Waals surface area contributed by atoms with Crippen LogP contribution in [0, 0.1) is 56.2 Å². The Morgan fingerprint density at radius 2 is 1.01 bits per heavy atom. The van der Waals surface area contributed by atoms with Crippen LogP contribution in [0.2, 0.25) is 0 Å². The predicted octanol–water partition coefficient (Wildman–Crippen LogP) is -6.07. The van der Waals surface area contributed by atoms with E-state index in [9.17, 15) is 126 Å². The van der Waals surface area contributed by atoms with Crippen LogP contribution in [0.3, 0.4) is 0 Å². The lowest BCUT2D eigenvalue weighted by Gasteiger charge is -2.72. The van der Waals surface area contributed by atoms with Crippen molar-refractivity contribution >= 4 is 30.4 Å². The van der Waals surface area contributed by atoms with E-state index in [1.54, 1.807) is 27.0 Å². The summed E-state index contributed by atoms with van der Waals surface area (Å²) < 4.78 is 119. The molecule has 22 N–H and O–H groups in total. The second-order valence-electron chi connectivity index (χ2n) is 42.9.